The summed E-state index contributed by atoms with van der Waals surface area (Å²) in [7, 11) is 0. The molecule has 0 aromatic heterocycles. The largest absolute Gasteiger partial charge is 0.494 e. The summed E-state index contributed by atoms with van der Waals surface area (Å²) in [6.07, 6.45) is 0. The van der Waals surface area contributed by atoms with E-state index in [9.17, 15) is 5.11 Å². The first-order valence-electron chi connectivity index (χ1n) is 6.35. The van der Waals surface area contributed by atoms with E-state index in [-0.39, 0.29) is 6.61 Å². The first kappa shape index (κ1) is 14.8. The summed E-state index contributed by atoms with van der Waals surface area (Å²) < 4.78 is 11.1. The molecule has 0 fully saturated rings. The second-order valence-electron chi connectivity index (χ2n) is 4.45. The number of hydrogen-bond acceptors (Lipinski definition) is 4. The average molecular weight is 253 g/mol. The second kappa shape index (κ2) is 7.24. The van der Waals surface area contributed by atoms with Gasteiger partial charge in [-0.25, -0.2) is 0 Å². The molecule has 2 N–H and O–H groups in total. The van der Waals surface area contributed by atoms with Crippen molar-refractivity contribution in [2.45, 2.75) is 26.3 Å². The van der Waals surface area contributed by atoms with Gasteiger partial charge >= 0.3 is 0 Å². The quantitative estimate of drug-likeness (QED) is 0.742. The van der Waals surface area contributed by atoms with E-state index in [1.54, 1.807) is 0 Å². The van der Waals surface area contributed by atoms with Gasteiger partial charge in [-0.05, 0) is 32.5 Å². The minimum atomic E-state index is -0.420. The highest BCUT2D eigenvalue weighted by atomic mass is 16.5. The lowest BCUT2D eigenvalue weighted by molar-refractivity contribution is 0.117. The Bertz CT molecular complexity index is 357. The fraction of sp³-hybridized carbons (Fsp3) is 0.571. The first-order chi connectivity index (χ1) is 8.63. The van der Waals surface area contributed by atoms with E-state index in [0.717, 1.165) is 18.0 Å². The lowest BCUT2D eigenvalue weighted by atomic mass is 10.1. The lowest BCUT2D eigenvalue weighted by Crippen LogP contribution is -2.50. The Hall–Kier alpha value is -1.26. The molecular formula is C14H23NO3. The Morgan fingerprint density at radius 2 is 1.89 bits per heavy atom. The molecule has 0 heterocycles. The molecule has 0 aliphatic heterocycles. The zero-order chi connectivity index (χ0) is 13.4. The minimum Gasteiger partial charge on any atom is -0.494 e. The molecule has 0 radical (unpaired) electrons. The van der Waals surface area contributed by atoms with Gasteiger partial charge in [0.1, 0.15) is 18.1 Å². The minimum absolute atomic E-state index is 0.0337. The van der Waals surface area contributed by atoms with E-state index in [0.29, 0.717) is 13.2 Å². The fourth-order valence-corrected chi connectivity index (χ4v) is 1.64. The molecule has 4 heteroatoms. The highest BCUT2D eigenvalue weighted by molar-refractivity contribution is 5.33. The van der Waals surface area contributed by atoms with Crippen molar-refractivity contribution in [3.8, 4) is 11.5 Å². The molecule has 0 saturated carbocycles. The molecule has 4 nitrogen and oxygen atoms in total. The Kier molecular flexibility index (Phi) is 5.95. The summed E-state index contributed by atoms with van der Waals surface area (Å²) >= 11 is 0. The molecule has 1 aromatic carbocycles. The summed E-state index contributed by atoms with van der Waals surface area (Å²) in [4.78, 5) is 0. The summed E-state index contributed by atoms with van der Waals surface area (Å²) in [5.41, 5.74) is -0.420. The van der Waals surface area contributed by atoms with E-state index < -0.39 is 5.54 Å². The van der Waals surface area contributed by atoms with Gasteiger partial charge in [-0.2, -0.15) is 0 Å². The van der Waals surface area contributed by atoms with Crippen LogP contribution in [0.1, 0.15) is 20.8 Å². The molecule has 18 heavy (non-hydrogen) atoms. The predicted octanol–water partition coefficient (Wildman–Crippen LogP) is 1.82. The van der Waals surface area contributed by atoms with E-state index in [2.05, 4.69) is 5.32 Å². The molecule has 0 spiro atoms. The van der Waals surface area contributed by atoms with Crippen molar-refractivity contribution in [2.24, 2.45) is 0 Å². The Labute approximate surface area is 109 Å². The van der Waals surface area contributed by atoms with Crippen molar-refractivity contribution in [1.29, 1.82) is 0 Å². The first-order valence-corrected chi connectivity index (χ1v) is 6.35. The van der Waals surface area contributed by atoms with Gasteiger partial charge in [0.2, 0.25) is 0 Å². The summed E-state index contributed by atoms with van der Waals surface area (Å²) in [5, 5.41) is 12.6. The van der Waals surface area contributed by atoms with Gasteiger partial charge in [-0.15, -0.1) is 0 Å². The van der Waals surface area contributed by atoms with Gasteiger partial charge in [0.05, 0.1) is 18.8 Å². The van der Waals surface area contributed by atoms with Crippen LogP contribution in [-0.2, 0) is 0 Å². The third-order valence-corrected chi connectivity index (χ3v) is 2.63. The van der Waals surface area contributed by atoms with Crippen LogP contribution in [-0.4, -0.2) is 37.0 Å². The number of ether oxygens (including phenoxy) is 2. The van der Waals surface area contributed by atoms with Crippen molar-refractivity contribution in [2.75, 3.05) is 26.4 Å². The highest BCUT2D eigenvalue weighted by Gasteiger charge is 2.22. The number of aliphatic hydroxyl groups excluding tert-OH is 1. The maximum Gasteiger partial charge on any atom is 0.123 e. The maximum absolute atomic E-state index is 9.37. The third kappa shape index (κ3) is 4.55. The standard InChI is InChI=1S/C14H23NO3/c1-4-15-14(3,10-16)11-18-13-8-6-7-12(9-13)17-5-2/h6-9,15-16H,4-5,10-11H2,1-3H3. The topological polar surface area (TPSA) is 50.7 Å². The molecule has 1 atom stereocenters. The zero-order valence-corrected chi connectivity index (χ0v) is 11.4. The van der Waals surface area contributed by atoms with Gasteiger partial charge in [-0.1, -0.05) is 13.0 Å². The lowest BCUT2D eigenvalue weighted by Gasteiger charge is -2.28. The van der Waals surface area contributed by atoms with Crippen LogP contribution in [0.4, 0.5) is 0 Å². The number of nitrogens with one attached hydrogen (secondary N) is 1. The zero-order valence-electron chi connectivity index (χ0n) is 11.4. The van der Waals surface area contributed by atoms with Gasteiger partial charge in [0, 0.05) is 6.07 Å². The van der Waals surface area contributed by atoms with Crippen molar-refractivity contribution < 1.29 is 14.6 Å². The molecule has 0 amide bonds. The SMILES string of the molecule is CCNC(C)(CO)COc1cccc(OCC)c1. The van der Waals surface area contributed by atoms with E-state index >= 15 is 0 Å². The van der Waals surface area contributed by atoms with E-state index in [4.69, 9.17) is 9.47 Å². The maximum atomic E-state index is 9.37. The van der Waals surface area contributed by atoms with Crippen LogP contribution in [0.15, 0.2) is 24.3 Å². The normalized spacial score (nSPS) is 14.0. The van der Waals surface area contributed by atoms with Crippen LogP contribution in [0.3, 0.4) is 0 Å². The molecular weight excluding hydrogens is 230 g/mol. The monoisotopic (exact) mass is 253 g/mol. The van der Waals surface area contributed by atoms with Crippen LogP contribution in [0.25, 0.3) is 0 Å². The van der Waals surface area contributed by atoms with Crippen molar-refractivity contribution in [1.82, 2.24) is 5.32 Å². The molecule has 0 aliphatic rings. The van der Waals surface area contributed by atoms with Crippen molar-refractivity contribution in [3.63, 3.8) is 0 Å². The number of rotatable bonds is 8. The third-order valence-electron chi connectivity index (χ3n) is 2.63. The summed E-state index contributed by atoms with van der Waals surface area (Å²) in [6, 6.07) is 7.52. The summed E-state index contributed by atoms with van der Waals surface area (Å²) in [5.74, 6) is 1.54. The second-order valence-corrected chi connectivity index (χ2v) is 4.45. The van der Waals surface area contributed by atoms with Gasteiger partial charge in [-0.3, -0.25) is 0 Å². The Morgan fingerprint density at radius 1 is 1.22 bits per heavy atom. The molecule has 1 aromatic rings. The number of aliphatic hydroxyl groups is 1. The van der Waals surface area contributed by atoms with Crippen LogP contribution >= 0.6 is 0 Å². The number of likely N-dealkylation sites (N-methyl/N-ethyl adjacent to an activating group) is 1. The molecule has 0 aliphatic carbocycles. The van der Waals surface area contributed by atoms with Crippen molar-refractivity contribution in [3.05, 3.63) is 24.3 Å². The van der Waals surface area contributed by atoms with Gasteiger partial charge in [0.15, 0.2) is 0 Å². The summed E-state index contributed by atoms with van der Waals surface area (Å²) in [6.45, 7) is 7.75. The van der Waals surface area contributed by atoms with E-state index in [1.165, 1.54) is 0 Å². The van der Waals surface area contributed by atoms with E-state index in [1.807, 2.05) is 45.0 Å². The van der Waals surface area contributed by atoms with Crippen LogP contribution in [0.5, 0.6) is 11.5 Å². The predicted molar refractivity (Wildman–Crippen MR) is 72.3 cm³/mol. The van der Waals surface area contributed by atoms with Gasteiger partial charge in [0.25, 0.3) is 0 Å². The smallest absolute Gasteiger partial charge is 0.123 e. The molecule has 102 valence electrons. The van der Waals surface area contributed by atoms with Gasteiger partial charge < -0.3 is 19.9 Å². The fourth-order valence-electron chi connectivity index (χ4n) is 1.64. The molecule has 0 bridgehead atoms. The van der Waals surface area contributed by atoms with Crippen LogP contribution < -0.4 is 14.8 Å². The van der Waals surface area contributed by atoms with Crippen molar-refractivity contribution >= 4 is 0 Å². The van der Waals surface area contributed by atoms with Crippen LogP contribution in [0, 0.1) is 0 Å². The molecule has 1 unspecified atom stereocenters. The van der Waals surface area contributed by atoms with Crippen LogP contribution in [0.2, 0.25) is 0 Å². The Balaban J connectivity index is 2.59. The number of hydrogen-bond donors (Lipinski definition) is 2. The average Bonchev–Trinajstić information content (AvgIpc) is 2.38. The Morgan fingerprint density at radius 3 is 2.44 bits per heavy atom. The number of benzene rings is 1. The molecule has 1 rings (SSSR count). The molecule has 0 saturated heterocycles. The highest BCUT2D eigenvalue weighted by Crippen LogP contribution is 2.20.